The highest BCUT2D eigenvalue weighted by atomic mass is 32.1. The van der Waals surface area contributed by atoms with Gasteiger partial charge in [-0.25, -0.2) is 4.39 Å². The van der Waals surface area contributed by atoms with Gasteiger partial charge in [0.15, 0.2) is 0 Å². The minimum atomic E-state index is -0.386. The van der Waals surface area contributed by atoms with Gasteiger partial charge in [-0.1, -0.05) is 25.1 Å². The van der Waals surface area contributed by atoms with Crippen molar-refractivity contribution in [2.75, 3.05) is 0 Å². The number of thiophene rings is 1. The van der Waals surface area contributed by atoms with Crippen LogP contribution >= 0.6 is 11.3 Å². The van der Waals surface area contributed by atoms with Gasteiger partial charge >= 0.3 is 0 Å². The third-order valence-electron chi connectivity index (χ3n) is 2.67. The van der Waals surface area contributed by atoms with E-state index in [2.05, 4.69) is 0 Å². The van der Waals surface area contributed by atoms with Gasteiger partial charge in [-0.2, -0.15) is 0 Å². The third kappa shape index (κ3) is 3.06. The van der Waals surface area contributed by atoms with E-state index in [1.54, 1.807) is 37.3 Å². The monoisotopic (exact) mass is 277 g/mol. The predicted molar refractivity (Wildman–Crippen MR) is 75.0 cm³/mol. The summed E-state index contributed by atoms with van der Waals surface area (Å²) in [7, 11) is 0. The third-order valence-corrected chi connectivity index (χ3v) is 3.74. The summed E-state index contributed by atoms with van der Waals surface area (Å²) in [6, 6.07) is 10.0. The maximum atomic E-state index is 13.6. The average Bonchev–Trinajstić information content (AvgIpc) is 2.84. The number of hydrogen-bond acceptors (Lipinski definition) is 3. The molecule has 0 saturated carbocycles. The summed E-state index contributed by atoms with van der Waals surface area (Å²) in [6.07, 6.45) is 1.90. The summed E-state index contributed by atoms with van der Waals surface area (Å²) in [5.41, 5.74) is 0.674. The summed E-state index contributed by atoms with van der Waals surface area (Å²) in [5, 5.41) is 10.7. The number of nitro groups is 1. The second kappa shape index (κ2) is 5.75. The highest BCUT2D eigenvalue weighted by molar-refractivity contribution is 7.16. The maximum Gasteiger partial charge on any atom is 0.247 e. The van der Waals surface area contributed by atoms with Crippen molar-refractivity contribution in [3.8, 4) is 10.4 Å². The van der Waals surface area contributed by atoms with Crippen LogP contribution in [0.5, 0.6) is 0 Å². The predicted octanol–water partition coefficient (Wildman–Crippen LogP) is 4.58. The fourth-order valence-corrected chi connectivity index (χ4v) is 2.68. The molecule has 0 fully saturated rings. The minimum absolute atomic E-state index is 0.155. The van der Waals surface area contributed by atoms with Crippen molar-refractivity contribution in [2.45, 2.75) is 13.3 Å². The summed E-state index contributed by atoms with van der Waals surface area (Å²) in [6.45, 7) is 1.74. The molecule has 2 aromatic rings. The highest BCUT2D eigenvalue weighted by Gasteiger charge is 2.10. The molecule has 0 radical (unpaired) electrons. The van der Waals surface area contributed by atoms with Crippen molar-refractivity contribution >= 4 is 17.4 Å². The van der Waals surface area contributed by atoms with E-state index >= 15 is 0 Å². The van der Waals surface area contributed by atoms with Crippen LogP contribution in [0.3, 0.4) is 0 Å². The standard InChI is InChI=1S/C14H12FNO2S/c1-2-10(16(17)18)9-11-7-8-14(19-11)12-5-3-4-6-13(12)15/h3-9H,2H2,1H3/b10-9+. The van der Waals surface area contributed by atoms with E-state index in [0.29, 0.717) is 12.0 Å². The van der Waals surface area contributed by atoms with Crippen molar-refractivity contribution in [1.29, 1.82) is 0 Å². The Kier molecular flexibility index (Phi) is 4.06. The fraction of sp³-hybridized carbons (Fsp3) is 0.143. The Labute approximate surface area is 114 Å². The van der Waals surface area contributed by atoms with E-state index < -0.39 is 0 Å². The van der Waals surface area contributed by atoms with E-state index in [4.69, 9.17) is 0 Å². The molecule has 0 unspecified atom stereocenters. The van der Waals surface area contributed by atoms with Gasteiger partial charge in [0.2, 0.25) is 5.70 Å². The van der Waals surface area contributed by atoms with Gasteiger partial charge in [0.05, 0.1) is 4.92 Å². The highest BCUT2D eigenvalue weighted by Crippen LogP contribution is 2.31. The Hall–Kier alpha value is -2.01. The molecule has 0 N–H and O–H groups in total. The molecular formula is C14H12FNO2S. The Morgan fingerprint density at radius 3 is 2.74 bits per heavy atom. The van der Waals surface area contributed by atoms with Crippen LogP contribution in [-0.2, 0) is 0 Å². The zero-order chi connectivity index (χ0) is 13.8. The molecule has 0 aliphatic rings. The Morgan fingerprint density at radius 2 is 2.11 bits per heavy atom. The lowest BCUT2D eigenvalue weighted by molar-refractivity contribution is -0.425. The summed E-state index contributed by atoms with van der Waals surface area (Å²) in [5.74, 6) is -0.287. The van der Waals surface area contributed by atoms with Crippen LogP contribution in [-0.4, -0.2) is 4.92 Å². The van der Waals surface area contributed by atoms with Gasteiger partial charge < -0.3 is 0 Å². The van der Waals surface area contributed by atoms with E-state index in [1.165, 1.54) is 23.5 Å². The van der Waals surface area contributed by atoms with Crippen LogP contribution in [0.1, 0.15) is 18.2 Å². The van der Waals surface area contributed by atoms with E-state index in [0.717, 1.165) is 9.75 Å². The zero-order valence-corrected chi connectivity index (χ0v) is 11.1. The molecule has 0 aliphatic heterocycles. The largest absolute Gasteiger partial charge is 0.259 e. The summed E-state index contributed by atoms with van der Waals surface area (Å²) in [4.78, 5) is 11.9. The molecule has 0 amide bonds. The van der Waals surface area contributed by atoms with Gasteiger partial charge in [0.1, 0.15) is 5.82 Å². The van der Waals surface area contributed by atoms with Crippen LogP contribution in [0, 0.1) is 15.9 Å². The number of nitrogens with zero attached hydrogens (tertiary/aromatic N) is 1. The molecule has 2 rings (SSSR count). The Bertz CT molecular complexity index is 634. The maximum absolute atomic E-state index is 13.6. The van der Waals surface area contributed by atoms with Crippen molar-refractivity contribution in [3.05, 3.63) is 62.9 Å². The first-order valence-corrected chi connectivity index (χ1v) is 6.63. The summed E-state index contributed by atoms with van der Waals surface area (Å²) >= 11 is 1.34. The number of hydrogen-bond donors (Lipinski definition) is 0. The number of halogens is 1. The van der Waals surface area contributed by atoms with Crippen LogP contribution in [0.4, 0.5) is 4.39 Å². The molecule has 0 bridgehead atoms. The Morgan fingerprint density at radius 1 is 1.37 bits per heavy atom. The summed E-state index contributed by atoms with van der Waals surface area (Å²) < 4.78 is 13.6. The molecule has 0 spiro atoms. The topological polar surface area (TPSA) is 43.1 Å². The number of allylic oxidation sites excluding steroid dienone is 1. The van der Waals surface area contributed by atoms with Crippen molar-refractivity contribution in [1.82, 2.24) is 0 Å². The van der Waals surface area contributed by atoms with Gasteiger partial charge in [-0.15, -0.1) is 11.3 Å². The van der Waals surface area contributed by atoms with E-state index in [9.17, 15) is 14.5 Å². The molecular weight excluding hydrogens is 265 g/mol. The molecule has 1 aromatic heterocycles. The smallest absolute Gasteiger partial charge is 0.247 e. The second-order valence-corrected chi connectivity index (χ2v) is 5.04. The normalized spacial score (nSPS) is 11.6. The second-order valence-electron chi connectivity index (χ2n) is 3.93. The molecule has 19 heavy (non-hydrogen) atoms. The molecule has 1 aromatic carbocycles. The quantitative estimate of drug-likeness (QED) is 0.606. The average molecular weight is 277 g/mol. The van der Waals surface area contributed by atoms with Gasteiger partial charge in [0, 0.05) is 27.8 Å². The number of benzene rings is 1. The molecule has 0 atom stereocenters. The van der Waals surface area contributed by atoms with E-state index in [-0.39, 0.29) is 16.4 Å². The Balaban J connectivity index is 2.35. The van der Waals surface area contributed by atoms with Crippen LogP contribution < -0.4 is 0 Å². The first-order chi connectivity index (χ1) is 9.11. The fourth-order valence-electron chi connectivity index (χ4n) is 1.68. The van der Waals surface area contributed by atoms with Gasteiger partial charge in [-0.3, -0.25) is 10.1 Å². The van der Waals surface area contributed by atoms with Crippen molar-refractivity contribution in [3.63, 3.8) is 0 Å². The molecule has 1 heterocycles. The minimum Gasteiger partial charge on any atom is -0.259 e. The lowest BCUT2D eigenvalue weighted by Crippen LogP contribution is -1.95. The van der Waals surface area contributed by atoms with Crippen LogP contribution in [0.15, 0.2) is 42.1 Å². The van der Waals surface area contributed by atoms with Crippen LogP contribution in [0.2, 0.25) is 0 Å². The molecule has 3 nitrogen and oxygen atoms in total. The van der Waals surface area contributed by atoms with Gasteiger partial charge in [0.25, 0.3) is 0 Å². The lowest BCUT2D eigenvalue weighted by Gasteiger charge is -1.98. The van der Waals surface area contributed by atoms with Crippen molar-refractivity contribution < 1.29 is 9.31 Å². The molecule has 0 saturated heterocycles. The lowest BCUT2D eigenvalue weighted by atomic mass is 10.2. The molecule has 98 valence electrons. The number of rotatable bonds is 4. The van der Waals surface area contributed by atoms with E-state index in [1.807, 2.05) is 0 Å². The molecule has 5 heteroatoms. The first kappa shape index (κ1) is 13.4. The van der Waals surface area contributed by atoms with Gasteiger partial charge in [-0.05, 0) is 18.2 Å². The first-order valence-electron chi connectivity index (χ1n) is 5.81. The van der Waals surface area contributed by atoms with Crippen LogP contribution in [0.25, 0.3) is 16.5 Å². The molecule has 0 aliphatic carbocycles. The van der Waals surface area contributed by atoms with Crippen molar-refractivity contribution in [2.24, 2.45) is 0 Å². The zero-order valence-electron chi connectivity index (χ0n) is 10.3. The SMILES string of the molecule is CC/C(=C\c1ccc(-c2ccccc2F)s1)[N+](=O)[O-].